The van der Waals surface area contributed by atoms with E-state index in [9.17, 15) is 4.79 Å². The Bertz CT molecular complexity index is 938. The van der Waals surface area contributed by atoms with Crippen LogP contribution in [0.1, 0.15) is 50.7 Å². The largest absolute Gasteiger partial charge is 0.493 e. The van der Waals surface area contributed by atoms with Gasteiger partial charge in [-0.15, -0.1) is 0 Å². The minimum absolute atomic E-state index is 0.0688. The van der Waals surface area contributed by atoms with Gasteiger partial charge in [0.25, 0.3) is 0 Å². The molecule has 0 saturated heterocycles. The van der Waals surface area contributed by atoms with Crippen LogP contribution in [0.15, 0.2) is 41.4 Å². The number of amides is 1. The second kappa shape index (κ2) is 10.4. The van der Waals surface area contributed by atoms with Crippen LogP contribution in [0.2, 0.25) is 0 Å². The van der Waals surface area contributed by atoms with Gasteiger partial charge in [0.05, 0.1) is 19.9 Å². The number of anilines is 1. The lowest BCUT2D eigenvalue weighted by Gasteiger charge is -2.19. The Balaban J connectivity index is 1.86. The summed E-state index contributed by atoms with van der Waals surface area (Å²) in [6.45, 7) is 9.50. The molecule has 0 saturated carbocycles. The number of aliphatic imine (C=N–C) groups is 1. The highest BCUT2D eigenvalue weighted by atomic mass is 16.5. The molecular weight excluding hydrogens is 390 g/mol. The van der Waals surface area contributed by atoms with Gasteiger partial charge in [-0.3, -0.25) is 14.7 Å². The fourth-order valence-electron chi connectivity index (χ4n) is 4.03. The van der Waals surface area contributed by atoms with Crippen LogP contribution in [-0.2, 0) is 11.3 Å². The maximum Gasteiger partial charge on any atom is 0.237 e. The highest BCUT2D eigenvalue weighted by molar-refractivity contribution is 6.19. The molecule has 2 aromatic rings. The van der Waals surface area contributed by atoms with Gasteiger partial charge in [0.15, 0.2) is 11.5 Å². The van der Waals surface area contributed by atoms with Crippen LogP contribution in [0, 0.1) is 0 Å². The molecule has 31 heavy (non-hydrogen) atoms. The molecule has 1 heterocycles. The molecule has 1 amide bonds. The third-order valence-corrected chi connectivity index (χ3v) is 5.68. The van der Waals surface area contributed by atoms with Crippen molar-refractivity contribution in [3.63, 3.8) is 0 Å². The monoisotopic (exact) mass is 423 g/mol. The number of benzene rings is 2. The van der Waals surface area contributed by atoms with Gasteiger partial charge in [0.2, 0.25) is 5.91 Å². The molecule has 1 atom stereocenters. The van der Waals surface area contributed by atoms with Gasteiger partial charge in [0, 0.05) is 24.0 Å². The van der Waals surface area contributed by atoms with Crippen LogP contribution < -0.4 is 14.8 Å². The van der Waals surface area contributed by atoms with Crippen LogP contribution in [-0.4, -0.2) is 43.8 Å². The molecule has 0 aliphatic carbocycles. The Morgan fingerprint density at radius 3 is 2.32 bits per heavy atom. The summed E-state index contributed by atoms with van der Waals surface area (Å²) in [5.41, 5.74) is 4.59. The Labute approximate surface area is 185 Å². The number of hydrogen-bond donors (Lipinski definition) is 1. The predicted octanol–water partition coefficient (Wildman–Crippen LogP) is 5.15. The summed E-state index contributed by atoms with van der Waals surface area (Å²) >= 11 is 0. The SMILES string of the molecule is CCCN(CC)Cc1ccc(N=C(CC)C2C(=O)Nc3cc(OC)c(OC)cc32)cc1. The number of rotatable bonds is 10. The molecule has 0 fully saturated rings. The number of carbonyl (C=O) groups is 1. The number of nitrogens with one attached hydrogen (secondary N) is 1. The van der Waals surface area contributed by atoms with Crippen LogP contribution in [0.5, 0.6) is 11.5 Å². The number of ether oxygens (including phenoxy) is 2. The second-order valence-electron chi connectivity index (χ2n) is 7.71. The molecular formula is C25H33N3O3. The zero-order valence-corrected chi connectivity index (χ0v) is 19.2. The summed E-state index contributed by atoms with van der Waals surface area (Å²) in [5.74, 6) is 0.701. The van der Waals surface area contributed by atoms with E-state index in [0.29, 0.717) is 17.9 Å². The van der Waals surface area contributed by atoms with Crippen LogP contribution in [0.4, 0.5) is 11.4 Å². The normalized spacial score (nSPS) is 15.7. The summed E-state index contributed by atoms with van der Waals surface area (Å²) in [6.07, 6.45) is 1.82. The third-order valence-electron chi connectivity index (χ3n) is 5.68. The first-order valence-corrected chi connectivity index (χ1v) is 11.0. The van der Waals surface area contributed by atoms with Crippen LogP contribution in [0.25, 0.3) is 0 Å². The number of nitrogens with zero attached hydrogens (tertiary/aromatic N) is 2. The van der Waals surface area contributed by atoms with E-state index in [1.54, 1.807) is 14.2 Å². The predicted molar refractivity (Wildman–Crippen MR) is 126 cm³/mol. The average Bonchev–Trinajstić information content (AvgIpc) is 3.11. The van der Waals surface area contributed by atoms with E-state index < -0.39 is 5.92 Å². The topological polar surface area (TPSA) is 63.2 Å². The summed E-state index contributed by atoms with van der Waals surface area (Å²) in [7, 11) is 3.18. The Hall–Kier alpha value is -2.86. The second-order valence-corrected chi connectivity index (χ2v) is 7.71. The van der Waals surface area contributed by atoms with Gasteiger partial charge in [0.1, 0.15) is 5.92 Å². The van der Waals surface area contributed by atoms with Gasteiger partial charge in [-0.25, -0.2) is 0 Å². The molecule has 6 nitrogen and oxygen atoms in total. The van der Waals surface area contributed by atoms with Gasteiger partial charge in [-0.05, 0) is 55.3 Å². The highest BCUT2D eigenvalue weighted by Gasteiger charge is 2.35. The fourth-order valence-corrected chi connectivity index (χ4v) is 4.03. The van der Waals surface area contributed by atoms with E-state index in [1.807, 2.05) is 31.2 Å². The van der Waals surface area contributed by atoms with Crippen molar-refractivity contribution < 1.29 is 14.3 Å². The first-order chi connectivity index (χ1) is 15.0. The lowest BCUT2D eigenvalue weighted by molar-refractivity contribution is -0.115. The Morgan fingerprint density at radius 2 is 1.74 bits per heavy atom. The molecule has 1 aliphatic rings. The number of hydrogen-bond acceptors (Lipinski definition) is 5. The van der Waals surface area contributed by atoms with Crippen molar-refractivity contribution in [2.45, 2.75) is 46.1 Å². The van der Waals surface area contributed by atoms with Gasteiger partial charge in [-0.2, -0.15) is 0 Å². The summed E-state index contributed by atoms with van der Waals surface area (Å²) in [4.78, 5) is 20.1. The van der Waals surface area contributed by atoms with Gasteiger partial charge >= 0.3 is 0 Å². The Morgan fingerprint density at radius 1 is 1.06 bits per heavy atom. The van der Waals surface area contributed by atoms with Crippen molar-refractivity contribution in [3.8, 4) is 11.5 Å². The van der Waals surface area contributed by atoms with Crippen molar-refractivity contribution in [1.82, 2.24) is 4.90 Å². The van der Waals surface area contributed by atoms with E-state index in [4.69, 9.17) is 14.5 Å². The van der Waals surface area contributed by atoms with E-state index in [1.165, 1.54) is 5.56 Å². The molecule has 1 aliphatic heterocycles. The molecule has 1 unspecified atom stereocenters. The minimum atomic E-state index is -0.431. The van der Waals surface area contributed by atoms with E-state index >= 15 is 0 Å². The third kappa shape index (κ3) is 5.07. The standard InChI is InChI=1S/C25H33N3O3/c1-6-13-28(8-3)16-17-9-11-18(12-10-17)26-20(7-2)24-19-14-22(30-4)23(31-5)15-21(19)27-25(24)29/h9-12,14-15,24H,6-8,13,16H2,1-5H3,(H,27,29). The zero-order chi connectivity index (χ0) is 22.4. The molecule has 3 rings (SSSR count). The molecule has 0 bridgehead atoms. The van der Waals surface area contributed by atoms with E-state index in [0.717, 1.165) is 48.7 Å². The van der Waals surface area contributed by atoms with Crippen molar-refractivity contribution >= 4 is 23.0 Å². The molecule has 1 N–H and O–H groups in total. The smallest absolute Gasteiger partial charge is 0.237 e. The Kier molecular flexibility index (Phi) is 7.69. The van der Waals surface area contributed by atoms with E-state index in [2.05, 4.69) is 36.2 Å². The molecule has 0 radical (unpaired) electrons. The quantitative estimate of drug-likeness (QED) is 0.537. The molecule has 6 heteroatoms. The maximum atomic E-state index is 12.8. The van der Waals surface area contributed by atoms with Crippen molar-refractivity contribution in [2.24, 2.45) is 4.99 Å². The molecule has 2 aromatic carbocycles. The van der Waals surface area contributed by atoms with Gasteiger partial charge in [-0.1, -0.05) is 32.9 Å². The van der Waals surface area contributed by atoms with E-state index in [-0.39, 0.29) is 5.91 Å². The summed E-state index contributed by atoms with van der Waals surface area (Å²) in [5, 5.41) is 2.96. The molecule has 0 aromatic heterocycles. The fraction of sp³-hybridized carbons (Fsp3) is 0.440. The number of fused-ring (bicyclic) bond motifs is 1. The lowest BCUT2D eigenvalue weighted by atomic mass is 9.93. The van der Waals surface area contributed by atoms with Crippen LogP contribution in [0.3, 0.4) is 0 Å². The lowest BCUT2D eigenvalue weighted by Crippen LogP contribution is -2.23. The first-order valence-electron chi connectivity index (χ1n) is 11.0. The molecule has 0 spiro atoms. The van der Waals surface area contributed by atoms with Gasteiger partial charge < -0.3 is 14.8 Å². The first kappa shape index (κ1) is 22.8. The minimum Gasteiger partial charge on any atom is -0.493 e. The summed E-state index contributed by atoms with van der Waals surface area (Å²) < 4.78 is 10.8. The number of carbonyl (C=O) groups excluding carboxylic acids is 1. The van der Waals surface area contributed by atoms with Crippen molar-refractivity contribution in [1.29, 1.82) is 0 Å². The summed E-state index contributed by atoms with van der Waals surface area (Å²) in [6, 6.07) is 12.0. The van der Waals surface area contributed by atoms with Crippen molar-refractivity contribution in [3.05, 3.63) is 47.5 Å². The molecule has 166 valence electrons. The maximum absolute atomic E-state index is 12.8. The van der Waals surface area contributed by atoms with Crippen LogP contribution >= 0.6 is 0 Å². The number of methoxy groups -OCH3 is 2. The van der Waals surface area contributed by atoms with Crippen molar-refractivity contribution in [2.75, 3.05) is 32.6 Å². The zero-order valence-electron chi connectivity index (χ0n) is 19.2. The highest BCUT2D eigenvalue weighted by Crippen LogP contribution is 2.42. The average molecular weight is 424 g/mol.